The van der Waals surface area contributed by atoms with Crippen molar-refractivity contribution in [3.8, 4) is 0 Å². The van der Waals surface area contributed by atoms with Crippen molar-refractivity contribution in [2.45, 2.75) is 77.1 Å². The number of hydrogen-bond acceptors (Lipinski definition) is 5. The first-order chi connectivity index (χ1) is 19.5. The van der Waals surface area contributed by atoms with Gasteiger partial charge in [0.2, 0.25) is 0 Å². The van der Waals surface area contributed by atoms with Gasteiger partial charge in [-0.3, -0.25) is 4.79 Å². The van der Waals surface area contributed by atoms with Crippen LogP contribution in [0.15, 0.2) is 59.9 Å². The summed E-state index contributed by atoms with van der Waals surface area (Å²) in [7, 11) is 2.82. The van der Waals surface area contributed by atoms with E-state index in [0.717, 1.165) is 56.2 Å². The third-order valence-corrected chi connectivity index (χ3v) is 8.05. The zero-order chi connectivity index (χ0) is 29.6. The molecule has 3 aliphatic rings. The maximum Gasteiger partial charge on any atom is 0.416 e. The molecule has 0 aromatic heterocycles. The van der Waals surface area contributed by atoms with Crippen LogP contribution >= 0.6 is 0 Å². The van der Waals surface area contributed by atoms with Gasteiger partial charge < -0.3 is 19.1 Å². The minimum Gasteiger partial charge on any atom is -0.496 e. The van der Waals surface area contributed by atoms with Gasteiger partial charge in [-0.15, -0.1) is 0 Å². The fourth-order valence-corrected chi connectivity index (χ4v) is 5.76. The largest absolute Gasteiger partial charge is 0.496 e. The minimum atomic E-state index is -4.56. The van der Waals surface area contributed by atoms with Gasteiger partial charge >= 0.3 is 18.2 Å². The smallest absolute Gasteiger partial charge is 0.416 e. The number of hydrogen-bond donors (Lipinski definition) is 0. The van der Waals surface area contributed by atoms with E-state index in [-0.39, 0.29) is 31.6 Å². The number of amides is 1. The number of carbonyl (C=O) groups excluding carboxylic acids is 2. The van der Waals surface area contributed by atoms with Gasteiger partial charge in [-0.25, -0.2) is 4.79 Å². The molecule has 1 aromatic carbocycles. The van der Waals surface area contributed by atoms with Gasteiger partial charge in [0.05, 0.1) is 26.2 Å². The molecule has 6 nitrogen and oxygen atoms in total. The molecule has 0 bridgehead atoms. The molecule has 0 radical (unpaired) electrons. The first-order valence-corrected chi connectivity index (χ1v) is 14.1. The molecule has 0 heterocycles. The van der Waals surface area contributed by atoms with Crippen LogP contribution in [-0.2, 0) is 31.7 Å². The third-order valence-electron chi connectivity index (χ3n) is 8.05. The van der Waals surface area contributed by atoms with Crippen LogP contribution in [0.4, 0.5) is 18.0 Å². The Bertz CT molecular complexity index is 1260. The monoisotopic (exact) mass is 573 g/mol. The Hall–Kier alpha value is -3.49. The molecule has 1 amide bonds. The highest BCUT2D eigenvalue weighted by Gasteiger charge is 2.36. The second kappa shape index (κ2) is 13.0. The number of allylic oxidation sites excluding steroid dienone is 6. The molecule has 0 N–H and O–H groups in total. The van der Waals surface area contributed by atoms with Crippen LogP contribution in [0, 0.1) is 5.41 Å². The van der Waals surface area contributed by atoms with Crippen LogP contribution in [-0.4, -0.2) is 43.8 Å². The average molecular weight is 574 g/mol. The maximum absolute atomic E-state index is 13.9. The number of halogens is 3. The second-order valence-corrected chi connectivity index (χ2v) is 11.2. The number of ether oxygens (including phenoxy) is 3. The predicted octanol–water partition coefficient (Wildman–Crippen LogP) is 7.75. The standard InChI is InChI=1S/C32H38F3NO5/c1-31(19-29(37)40-3)16-15-28(39-2)27(18-31)26-14-13-24(32(33,34)35)17-23(26)20-36(25-11-7-8-12-25)30(38)41-21-22-9-5-4-6-10-22/h4-5,9,13-15,17-18,25H,6-8,10-12,16,19-21H2,1-3H3. The molecule has 9 heteroatoms. The van der Waals surface area contributed by atoms with E-state index in [9.17, 15) is 22.8 Å². The summed E-state index contributed by atoms with van der Waals surface area (Å²) in [5.41, 5.74) is 0.993. The lowest BCUT2D eigenvalue weighted by atomic mass is 9.76. The highest BCUT2D eigenvalue weighted by molar-refractivity contribution is 5.82. The van der Waals surface area contributed by atoms with E-state index in [0.29, 0.717) is 28.9 Å². The van der Waals surface area contributed by atoms with Crippen LogP contribution in [0.1, 0.15) is 75.0 Å². The van der Waals surface area contributed by atoms with E-state index >= 15 is 0 Å². The van der Waals surface area contributed by atoms with E-state index < -0.39 is 23.2 Å². The lowest BCUT2D eigenvalue weighted by molar-refractivity contribution is -0.142. The van der Waals surface area contributed by atoms with Gasteiger partial charge in [-0.05, 0) is 67.0 Å². The number of methoxy groups -OCH3 is 2. The molecule has 0 spiro atoms. The zero-order valence-electron chi connectivity index (χ0n) is 23.9. The Balaban J connectivity index is 1.73. The van der Waals surface area contributed by atoms with Crippen LogP contribution in [0.2, 0.25) is 0 Å². The molecule has 0 aliphatic heterocycles. The van der Waals surface area contributed by atoms with Gasteiger partial charge in [0.1, 0.15) is 12.4 Å². The number of nitrogens with zero attached hydrogens (tertiary/aromatic N) is 1. The molecule has 0 saturated heterocycles. The second-order valence-electron chi connectivity index (χ2n) is 11.2. The van der Waals surface area contributed by atoms with Crippen LogP contribution in [0.5, 0.6) is 0 Å². The number of alkyl halides is 3. The van der Waals surface area contributed by atoms with Crippen LogP contribution in [0.3, 0.4) is 0 Å². The van der Waals surface area contributed by atoms with E-state index in [4.69, 9.17) is 14.2 Å². The van der Waals surface area contributed by atoms with Crippen molar-refractivity contribution in [2.75, 3.05) is 20.8 Å². The Labute approximate surface area is 239 Å². The average Bonchev–Trinajstić information content (AvgIpc) is 3.49. The first kappa shape index (κ1) is 30.5. The van der Waals surface area contributed by atoms with Gasteiger partial charge in [0.25, 0.3) is 0 Å². The summed E-state index contributed by atoms with van der Waals surface area (Å²) in [6.45, 7) is 1.99. The van der Waals surface area contributed by atoms with Crippen molar-refractivity contribution in [2.24, 2.45) is 5.41 Å². The van der Waals surface area contributed by atoms with Gasteiger partial charge in [-0.2, -0.15) is 13.2 Å². The highest BCUT2D eigenvalue weighted by atomic mass is 19.4. The number of esters is 1. The van der Waals surface area contributed by atoms with Crippen molar-refractivity contribution in [3.63, 3.8) is 0 Å². The molecular weight excluding hydrogens is 535 g/mol. The van der Waals surface area contributed by atoms with Crippen LogP contribution in [0.25, 0.3) is 5.57 Å². The molecule has 222 valence electrons. The van der Waals surface area contributed by atoms with E-state index in [1.165, 1.54) is 20.3 Å². The summed E-state index contributed by atoms with van der Waals surface area (Å²) in [4.78, 5) is 27.2. The topological polar surface area (TPSA) is 65.1 Å². The van der Waals surface area contributed by atoms with Crippen molar-refractivity contribution >= 4 is 17.6 Å². The van der Waals surface area contributed by atoms with Gasteiger partial charge in [-0.1, -0.05) is 50.1 Å². The number of benzene rings is 1. The number of rotatable bonds is 9. The molecule has 4 rings (SSSR count). The Morgan fingerprint density at radius 1 is 1.15 bits per heavy atom. The molecule has 41 heavy (non-hydrogen) atoms. The normalized spacial score (nSPS) is 21.1. The molecule has 1 saturated carbocycles. The van der Waals surface area contributed by atoms with Gasteiger partial charge in [0, 0.05) is 23.6 Å². The summed E-state index contributed by atoms with van der Waals surface area (Å²) in [5.74, 6) is 0.115. The van der Waals surface area contributed by atoms with Gasteiger partial charge in [0.15, 0.2) is 0 Å². The molecule has 1 aromatic rings. The number of carbonyl (C=O) groups is 2. The van der Waals surface area contributed by atoms with Crippen molar-refractivity contribution in [3.05, 3.63) is 76.6 Å². The summed E-state index contributed by atoms with van der Waals surface area (Å²) in [6, 6.07) is 3.45. The molecule has 1 fully saturated rings. The van der Waals surface area contributed by atoms with Crippen LogP contribution < -0.4 is 0 Å². The molecule has 1 atom stereocenters. The highest BCUT2D eigenvalue weighted by Crippen LogP contribution is 2.43. The van der Waals surface area contributed by atoms with E-state index in [1.54, 1.807) is 4.90 Å². The Kier molecular flexibility index (Phi) is 9.66. The summed E-state index contributed by atoms with van der Waals surface area (Å²) < 4.78 is 57.9. The minimum absolute atomic E-state index is 0.0518. The summed E-state index contributed by atoms with van der Waals surface area (Å²) >= 11 is 0. The first-order valence-electron chi connectivity index (χ1n) is 14.1. The molecule has 1 unspecified atom stereocenters. The molecular formula is C32H38F3NO5. The zero-order valence-corrected chi connectivity index (χ0v) is 23.9. The maximum atomic E-state index is 13.9. The van der Waals surface area contributed by atoms with E-state index in [2.05, 4.69) is 0 Å². The fraction of sp³-hybridized carbons (Fsp3) is 0.500. The van der Waals surface area contributed by atoms with E-state index in [1.807, 2.05) is 37.3 Å². The third kappa shape index (κ3) is 7.63. The lowest BCUT2D eigenvalue weighted by Crippen LogP contribution is -2.39. The predicted molar refractivity (Wildman–Crippen MR) is 149 cm³/mol. The lowest BCUT2D eigenvalue weighted by Gasteiger charge is -2.32. The summed E-state index contributed by atoms with van der Waals surface area (Å²) in [6.07, 6.45) is 10.2. The van der Waals surface area contributed by atoms with Crippen molar-refractivity contribution < 1.29 is 37.0 Å². The Morgan fingerprint density at radius 3 is 2.54 bits per heavy atom. The SMILES string of the molecule is COC(=O)CC1(C)C=C(c2ccc(C(F)(F)F)cc2CN(C(=O)OCC2=CC=CCC2)C2CCCC2)C(OC)=CC1. The summed E-state index contributed by atoms with van der Waals surface area (Å²) in [5, 5.41) is 0. The van der Waals surface area contributed by atoms with Crippen molar-refractivity contribution in [1.82, 2.24) is 4.90 Å². The Morgan fingerprint density at radius 2 is 1.90 bits per heavy atom. The molecule has 3 aliphatic carbocycles. The quantitative estimate of drug-likeness (QED) is 0.283. The van der Waals surface area contributed by atoms with Crippen molar-refractivity contribution in [1.29, 1.82) is 0 Å². The fourth-order valence-electron chi connectivity index (χ4n) is 5.76.